The van der Waals surface area contributed by atoms with Crippen molar-refractivity contribution in [3.05, 3.63) is 17.0 Å². The van der Waals surface area contributed by atoms with Crippen molar-refractivity contribution in [2.45, 2.75) is 45.2 Å². The number of fused-ring (bicyclic) bond motifs is 1. The molecule has 3 aliphatic rings. The number of hydrogen-bond acceptors (Lipinski definition) is 4. The third kappa shape index (κ3) is 2.20. The molecule has 4 heterocycles. The minimum Gasteiger partial charge on any atom is -0.338 e. The molecule has 0 aromatic carbocycles. The van der Waals surface area contributed by atoms with E-state index in [9.17, 15) is 14.4 Å². The van der Waals surface area contributed by atoms with E-state index in [1.54, 1.807) is 4.90 Å². The number of carbonyl (C=O) groups is 3. The molecule has 0 bridgehead atoms. The Hall–Kier alpha value is -2.38. The number of nitrogens with zero attached hydrogens (tertiary/aromatic N) is 3. The fourth-order valence-electron chi connectivity index (χ4n) is 3.98. The smallest absolute Gasteiger partial charge is 0.322 e. The zero-order valence-corrected chi connectivity index (χ0v) is 13.8. The van der Waals surface area contributed by atoms with Gasteiger partial charge in [-0.3, -0.25) is 19.6 Å². The summed E-state index contributed by atoms with van der Waals surface area (Å²) in [7, 11) is 0. The van der Waals surface area contributed by atoms with Gasteiger partial charge in [-0.15, -0.1) is 0 Å². The molecule has 0 aliphatic carbocycles. The van der Waals surface area contributed by atoms with Gasteiger partial charge < -0.3 is 10.2 Å². The van der Waals surface area contributed by atoms with E-state index in [0.717, 1.165) is 36.2 Å². The predicted octanol–water partition coefficient (Wildman–Crippen LogP) is 0.369. The van der Waals surface area contributed by atoms with Crippen LogP contribution in [0.5, 0.6) is 0 Å². The Morgan fingerprint density at radius 1 is 1.29 bits per heavy atom. The van der Waals surface area contributed by atoms with Crippen LogP contribution in [-0.2, 0) is 11.2 Å². The van der Waals surface area contributed by atoms with Crippen LogP contribution in [0.15, 0.2) is 0 Å². The number of aryl methyl sites for hydroxylation is 1. The Bertz CT molecular complexity index is 734. The number of rotatable bonds is 2. The molecular weight excluding hydrogens is 310 g/mol. The van der Waals surface area contributed by atoms with Gasteiger partial charge >= 0.3 is 6.03 Å². The summed E-state index contributed by atoms with van der Waals surface area (Å²) in [5, 5.41) is 9.41. The van der Waals surface area contributed by atoms with Crippen molar-refractivity contribution in [2.75, 3.05) is 13.1 Å². The number of hydrogen-bond donors (Lipinski definition) is 2. The first-order valence-corrected chi connectivity index (χ1v) is 8.44. The second-order valence-corrected chi connectivity index (χ2v) is 7.00. The maximum Gasteiger partial charge on any atom is 0.322 e. The number of imide groups is 1. The van der Waals surface area contributed by atoms with Gasteiger partial charge in [-0.05, 0) is 33.1 Å². The summed E-state index contributed by atoms with van der Waals surface area (Å²) in [4.78, 5) is 37.5. The van der Waals surface area contributed by atoms with Gasteiger partial charge in [-0.25, -0.2) is 4.79 Å². The summed E-state index contributed by atoms with van der Waals surface area (Å²) >= 11 is 0. The Morgan fingerprint density at radius 2 is 2.04 bits per heavy atom. The molecule has 0 radical (unpaired) electrons. The molecular formula is C16H21N5O3. The van der Waals surface area contributed by atoms with E-state index in [1.165, 1.54) is 0 Å². The molecule has 4 amide bonds. The van der Waals surface area contributed by atoms with Gasteiger partial charge in [0.15, 0.2) is 0 Å². The van der Waals surface area contributed by atoms with Gasteiger partial charge in [0.25, 0.3) is 11.8 Å². The SMILES string of the molecule is Cc1nn2c(c1C(=O)N1CC(C3NC(=O)NC3=O)C1)CCCC2C. The zero-order valence-electron chi connectivity index (χ0n) is 13.8. The lowest BCUT2D eigenvalue weighted by Crippen LogP contribution is -2.58. The molecule has 1 aromatic heterocycles. The number of amides is 4. The van der Waals surface area contributed by atoms with E-state index in [-0.39, 0.29) is 17.7 Å². The van der Waals surface area contributed by atoms with Crippen LogP contribution >= 0.6 is 0 Å². The van der Waals surface area contributed by atoms with Crippen molar-refractivity contribution in [1.82, 2.24) is 25.3 Å². The molecule has 2 N–H and O–H groups in total. The predicted molar refractivity (Wildman–Crippen MR) is 84.5 cm³/mol. The molecule has 3 aliphatic heterocycles. The molecule has 0 saturated carbocycles. The third-order valence-electron chi connectivity index (χ3n) is 5.33. The summed E-state index contributed by atoms with van der Waals surface area (Å²) in [6, 6.07) is -0.649. The van der Waals surface area contributed by atoms with Gasteiger partial charge in [-0.2, -0.15) is 5.10 Å². The molecule has 128 valence electrons. The first kappa shape index (κ1) is 15.2. The molecule has 1 aromatic rings. The highest BCUT2D eigenvalue weighted by molar-refractivity contribution is 6.04. The summed E-state index contributed by atoms with van der Waals surface area (Å²) in [6.45, 7) is 4.98. The van der Waals surface area contributed by atoms with Crippen molar-refractivity contribution in [2.24, 2.45) is 5.92 Å². The maximum absolute atomic E-state index is 12.9. The minimum atomic E-state index is -0.524. The van der Waals surface area contributed by atoms with Gasteiger partial charge in [0, 0.05) is 25.0 Å². The number of likely N-dealkylation sites (tertiary alicyclic amines) is 1. The Kier molecular flexibility index (Phi) is 3.36. The third-order valence-corrected chi connectivity index (χ3v) is 5.33. The zero-order chi connectivity index (χ0) is 17.0. The van der Waals surface area contributed by atoms with E-state index in [4.69, 9.17) is 0 Å². The second-order valence-electron chi connectivity index (χ2n) is 7.00. The average molecular weight is 331 g/mol. The van der Waals surface area contributed by atoms with Gasteiger partial charge in [0.1, 0.15) is 6.04 Å². The molecule has 0 spiro atoms. The first-order chi connectivity index (χ1) is 11.5. The van der Waals surface area contributed by atoms with Crippen molar-refractivity contribution in [1.29, 1.82) is 0 Å². The average Bonchev–Trinajstić information content (AvgIpc) is 2.97. The first-order valence-electron chi connectivity index (χ1n) is 8.44. The lowest BCUT2D eigenvalue weighted by molar-refractivity contribution is -0.122. The number of aromatic nitrogens is 2. The lowest BCUT2D eigenvalue weighted by atomic mass is 9.90. The van der Waals surface area contributed by atoms with E-state index >= 15 is 0 Å². The minimum absolute atomic E-state index is 0.0103. The standard InChI is InChI=1S/C16H21N5O3/c1-8-4-3-5-11-12(9(2)19-21(8)11)15(23)20-6-10(7-20)13-14(22)18-16(24)17-13/h8,10,13H,3-7H2,1-2H3,(H2,17,18,22,24). The molecule has 2 fully saturated rings. The van der Waals surface area contributed by atoms with Gasteiger partial charge in [0.2, 0.25) is 0 Å². The normalized spacial score (nSPS) is 26.7. The van der Waals surface area contributed by atoms with Crippen LogP contribution in [0, 0.1) is 12.8 Å². The van der Waals surface area contributed by atoms with Crippen molar-refractivity contribution >= 4 is 17.8 Å². The van der Waals surface area contributed by atoms with E-state index in [0.29, 0.717) is 19.1 Å². The van der Waals surface area contributed by atoms with Crippen LogP contribution < -0.4 is 10.6 Å². The summed E-state index contributed by atoms with van der Waals surface area (Å²) < 4.78 is 1.99. The van der Waals surface area contributed by atoms with E-state index in [1.807, 2.05) is 11.6 Å². The van der Waals surface area contributed by atoms with Crippen LogP contribution in [0.25, 0.3) is 0 Å². The highest BCUT2D eigenvalue weighted by Crippen LogP contribution is 2.31. The van der Waals surface area contributed by atoms with Crippen LogP contribution in [0.1, 0.15) is 47.6 Å². The quantitative estimate of drug-likeness (QED) is 0.765. The molecule has 2 saturated heterocycles. The molecule has 2 unspecified atom stereocenters. The summed E-state index contributed by atoms with van der Waals surface area (Å²) in [6.07, 6.45) is 3.04. The highest BCUT2D eigenvalue weighted by Gasteiger charge is 2.44. The maximum atomic E-state index is 12.9. The van der Waals surface area contributed by atoms with Crippen LogP contribution in [0.2, 0.25) is 0 Å². The summed E-state index contributed by atoms with van der Waals surface area (Å²) in [5.41, 5.74) is 2.53. The van der Waals surface area contributed by atoms with Gasteiger partial charge in [0.05, 0.1) is 17.0 Å². The van der Waals surface area contributed by atoms with Crippen molar-refractivity contribution in [3.63, 3.8) is 0 Å². The Balaban J connectivity index is 1.49. The van der Waals surface area contributed by atoms with Crippen molar-refractivity contribution in [3.8, 4) is 0 Å². The van der Waals surface area contributed by atoms with Crippen LogP contribution in [0.4, 0.5) is 4.79 Å². The highest BCUT2D eigenvalue weighted by atomic mass is 16.2. The van der Waals surface area contributed by atoms with Crippen LogP contribution in [0.3, 0.4) is 0 Å². The molecule has 2 atom stereocenters. The fraction of sp³-hybridized carbons (Fsp3) is 0.625. The lowest BCUT2D eigenvalue weighted by Gasteiger charge is -2.41. The molecule has 24 heavy (non-hydrogen) atoms. The largest absolute Gasteiger partial charge is 0.338 e. The number of nitrogens with one attached hydrogen (secondary N) is 2. The molecule has 8 nitrogen and oxygen atoms in total. The number of urea groups is 1. The van der Waals surface area contributed by atoms with Gasteiger partial charge in [-0.1, -0.05) is 0 Å². The topological polar surface area (TPSA) is 96.3 Å². The van der Waals surface area contributed by atoms with Crippen LogP contribution in [-0.4, -0.2) is 51.7 Å². The van der Waals surface area contributed by atoms with Crippen molar-refractivity contribution < 1.29 is 14.4 Å². The van der Waals surface area contributed by atoms with E-state index < -0.39 is 12.1 Å². The monoisotopic (exact) mass is 331 g/mol. The number of carbonyl (C=O) groups excluding carboxylic acids is 3. The molecule has 8 heteroatoms. The summed E-state index contributed by atoms with van der Waals surface area (Å²) in [5.74, 6) is -0.333. The Labute approximate surface area is 139 Å². The Morgan fingerprint density at radius 3 is 2.71 bits per heavy atom. The molecule has 4 rings (SSSR count). The second kappa shape index (κ2) is 5.32. The van der Waals surface area contributed by atoms with E-state index in [2.05, 4.69) is 22.7 Å². The fourth-order valence-corrected chi connectivity index (χ4v) is 3.98.